The van der Waals surface area contributed by atoms with Crippen LogP contribution in [0, 0.1) is 6.92 Å². The summed E-state index contributed by atoms with van der Waals surface area (Å²) in [5.74, 6) is 0.554. The summed E-state index contributed by atoms with van der Waals surface area (Å²) in [4.78, 5) is 2.34. The molecule has 0 unspecified atom stereocenters. The maximum atomic E-state index is 12.6. The van der Waals surface area contributed by atoms with Crippen LogP contribution in [0.25, 0.3) is 16.7 Å². The van der Waals surface area contributed by atoms with Crippen molar-refractivity contribution in [3.63, 3.8) is 0 Å². The molecule has 0 aliphatic carbocycles. The predicted octanol–water partition coefficient (Wildman–Crippen LogP) is 2.54. The van der Waals surface area contributed by atoms with Crippen LogP contribution in [-0.4, -0.2) is 19.6 Å². The Hall–Kier alpha value is -2.05. The average molecular weight is 240 g/mol. The van der Waals surface area contributed by atoms with Crippen LogP contribution in [0.4, 0.5) is 13.2 Å². The second kappa shape index (κ2) is 2.99. The van der Waals surface area contributed by atoms with Crippen LogP contribution in [0.3, 0.4) is 0 Å². The molecule has 0 amide bonds. The fraction of sp³-hybridized carbons (Fsp3) is 0.200. The molecule has 0 aromatic carbocycles. The molecule has 3 heterocycles. The Balaban J connectivity index is 2.42. The van der Waals surface area contributed by atoms with E-state index in [4.69, 9.17) is 0 Å². The van der Waals surface area contributed by atoms with Crippen molar-refractivity contribution in [2.75, 3.05) is 0 Å². The normalized spacial score (nSPS) is 12.7. The van der Waals surface area contributed by atoms with E-state index in [1.54, 1.807) is 23.5 Å². The minimum absolute atomic E-state index is 0.410. The number of alkyl halides is 3. The molecule has 1 N–H and O–H groups in total. The summed E-state index contributed by atoms with van der Waals surface area (Å²) in [6, 6.07) is 4.26. The molecule has 0 spiro atoms. The van der Waals surface area contributed by atoms with Crippen LogP contribution in [0.2, 0.25) is 0 Å². The van der Waals surface area contributed by atoms with E-state index in [2.05, 4.69) is 15.2 Å². The maximum absolute atomic E-state index is 12.6. The largest absolute Gasteiger partial charge is 0.431 e. The number of aromatic amines is 1. The third-order valence-corrected chi connectivity index (χ3v) is 2.62. The lowest BCUT2D eigenvalue weighted by molar-refractivity contribution is -0.140. The van der Waals surface area contributed by atoms with Crippen LogP contribution < -0.4 is 0 Å². The molecule has 0 saturated heterocycles. The summed E-state index contributed by atoms with van der Waals surface area (Å²) >= 11 is 0. The highest BCUT2D eigenvalue weighted by molar-refractivity contribution is 5.80. The van der Waals surface area contributed by atoms with Gasteiger partial charge < -0.3 is 4.98 Å². The Morgan fingerprint density at radius 2 is 2.00 bits per heavy atom. The molecule has 0 fully saturated rings. The summed E-state index contributed by atoms with van der Waals surface area (Å²) < 4.78 is 39.3. The number of pyridine rings is 1. The van der Waals surface area contributed by atoms with Gasteiger partial charge in [-0.25, -0.2) is 0 Å². The summed E-state index contributed by atoms with van der Waals surface area (Å²) in [6.07, 6.45) is -4.38. The van der Waals surface area contributed by atoms with Crippen LogP contribution in [0.1, 0.15) is 11.5 Å². The number of aryl methyl sites for hydroxylation is 1. The van der Waals surface area contributed by atoms with Gasteiger partial charge in [0.25, 0.3) is 0 Å². The van der Waals surface area contributed by atoms with Gasteiger partial charge in [0.2, 0.25) is 0 Å². The van der Waals surface area contributed by atoms with Crippen molar-refractivity contribution < 1.29 is 13.2 Å². The Morgan fingerprint density at radius 1 is 1.24 bits per heavy atom. The lowest BCUT2D eigenvalue weighted by Crippen LogP contribution is -2.04. The number of nitrogens with one attached hydrogen (secondary N) is 1. The molecule has 3 rings (SSSR count). The number of fused-ring (bicyclic) bond motifs is 3. The SMILES string of the molecule is Cc1nnc2ccc3[nH]c(C(F)(F)F)cc3n12. The number of nitrogens with zero attached hydrogens (tertiary/aromatic N) is 3. The van der Waals surface area contributed by atoms with E-state index in [9.17, 15) is 13.2 Å². The molecule has 0 saturated carbocycles. The highest BCUT2D eigenvalue weighted by Crippen LogP contribution is 2.31. The van der Waals surface area contributed by atoms with Crippen molar-refractivity contribution >= 4 is 16.7 Å². The van der Waals surface area contributed by atoms with E-state index in [1.807, 2.05) is 0 Å². The number of rotatable bonds is 0. The number of halogens is 3. The zero-order chi connectivity index (χ0) is 12.2. The van der Waals surface area contributed by atoms with Gasteiger partial charge in [-0.2, -0.15) is 13.2 Å². The Morgan fingerprint density at radius 3 is 2.71 bits per heavy atom. The Bertz CT molecular complexity index is 707. The van der Waals surface area contributed by atoms with E-state index in [1.165, 1.54) is 0 Å². The topological polar surface area (TPSA) is 46.0 Å². The van der Waals surface area contributed by atoms with Crippen LogP contribution in [0.5, 0.6) is 0 Å². The summed E-state index contributed by atoms with van der Waals surface area (Å²) in [6.45, 7) is 1.69. The van der Waals surface area contributed by atoms with E-state index >= 15 is 0 Å². The first kappa shape index (κ1) is 10.1. The summed E-state index contributed by atoms with van der Waals surface area (Å²) in [5.41, 5.74) is 0.598. The number of H-pyrrole nitrogens is 1. The molecule has 4 nitrogen and oxygen atoms in total. The third-order valence-electron chi connectivity index (χ3n) is 2.62. The van der Waals surface area contributed by atoms with E-state index < -0.39 is 11.9 Å². The number of hydrogen-bond donors (Lipinski definition) is 1. The minimum atomic E-state index is -4.38. The van der Waals surface area contributed by atoms with Crippen molar-refractivity contribution in [3.8, 4) is 0 Å². The summed E-state index contributed by atoms with van der Waals surface area (Å²) in [7, 11) is 0. The Labute approximate surface area is 93.1 Å². The van der Waals surface area contributed by atoms with Crippen molar-refractivity contribution in [1.29, 1.82) is 0 Å². The molecule has 3 aromatic rings. The lowest BCUT2D eigenvalue weighted by atomic mass is 10.3. The highest BCUT2D eigenvalue weighted by atomic mass is 19.4. The zero-order valence-corrected chi connectivity index (χ0v) is 8.71. The van der Waals surface area contributed by atoms with Gasteiger partial charge in [0.15, 0.2) is 5.65 Å². The Kier molecular flexibility index (Phi) is 1.78. The second-order valence-electron chi connectivity index (χ2n) is 3.75. The fourth-order valence-electron chi connectivity index (χ4n) is 1.87. The van der Waals surface area contributed by atoms with Gasteiger partial charge in [0.05, 0.1) is 11.0 Å². The van der Waals surface area contributed by atoms with Gasteiger partial charge in [-0.15, -0.1) is 10.2 Å². The lowest BCUT2D eigenvalue weighted by Gasteiger charge is -2.00. The van der Waals surface area contributed by atoms with E-state index in [0.717, 1.165) is 6.07 Å². The number of aromatic nitrogens is 4. The van der Waals surface area contributed by atoms with Crippen molar-refractivity contribution in [1.82, 2.24) is 19.6 Å². The molecule has 0 aliphatic heterocycles. The van der Waals surface area contributed by atoms with Crippen LogP contribution in [-0.2, 0) is 6.18 Å². The van der Waals surface area contributed by atoms with Gasteiger partial charge in [-0.3, -0.25) is 4.40 Å². The minimum Gasteiger partial charge on any atom is -0.350 e. The molecule has 0 bridgehead atoms. The van der Waals surface area contributed by atoms with E-state index in [0.29, 0.717) is 22.5 Å². The van der Waals surface area contributed by atoms with Gasteiger partial charge in [0.1, 0.15) is 11.5 Å². The van der Waals surface area contributed by atoms with Crippen molar-refractivity contribution in [3.05, 3.63) is 29.7 Å². The second-order valence-corrected chi connectivity index (χ2v) is 3.75. The first-order valence-corrected chi connectivity index (χ1v) is 4.87. The monoisotopic (exact) mass is 240 g/mol. The highest BCUT2D eigenvalue weighted by Gasteiger charge is 2.33. The molecule has 7 heteroatoms. The van der Waals surface area contributed by atoms with Gasteiger partial charge in [-0.05, 0) is 25.1 Å². The van der Waals surface area contributed by atoms with Gasteiger partial charge in [0, 0.05) is 0 Å². The van der Waals surface area contributed by atoms with Gasteiger partial charge >= 0.3 is 6.18 Å². The zero-order valence-electron chi connectivity index (χ0n) is 8.71. The van der Waals surface area contributed by atoms with Crippen molar-refractivity contribution in [2.24, 2.45) is 0 Å². The molecule has 0 aliphatic rings. The molecule has 0 atom stereocenters. The van der Waals surface area contributed by atoms with Crippen LogP contribution in [0.15, 0.2) is 18.2 Å². The summed E-state index contributed by atoms with van der Waals surface area (Å²) in [5, 5.41) is 7.69. The first-order valence-electron chi connectivity index (χ1n) is 4.87. The molecule has 88 valence electrons. The smallest absolute Gasteiger partial charge is 0.350 e. The first-order chi connectivity index (χ1) is 7.97. The standard InChI is InChI=1S/C10H7F3N4/c1-5-15-16-9-3-2-6-7(17(5)9)4-8(14-6)10(11,12)13/h2-4,14H,1H3. The molecule has 0 radical (unpaired) electrons. The fourth-order valence-corrected chi connectivity index (χ4v) is 1.87. The average Bonchev–Trinajstić information content (AvgIpc) is 2.80. The van der Waals surface area contributed by atoms with E-state index in [-0.39, 0.29) is 0 Å². The molecular formula is C10H7F3N4. The third kappa shape index (κ3) is 1.38. The predicted molar refractivity (Wildman–Crippen MR) is 54.6 cm³/mol. The van der Waals surface area contributed by atoms with Crippen molar-refractivity contribution in [2.45, 2.75) is 13.1 Å². The van der Waals surface area contributed by atoms with Crippen LogP contribution >= 0.6 is 0 Å². The maximum Gasteiger partial charge on any atom is 0.431 e. The molecule has 3 aromatic heterocycles. The number of hydrogen-bond acceptors (Lipinski definition) is 2. The quantitative estimate of drug-likeness (QED) is 0.656. The molecule has 17 heavy (non-hydrogen) atoms. The van der Waals surface area contributed by atoms with Gasteiger partial charge in [-0.1, -0.05) is 0 Å². The molecular weight excluding hydrogens is 233 g/mol.